The Morgan fingerprint density at radius 2 is 2.15 bits per heavy atom. The van der Waals surface area contributed by atoms with Crippen molar-refractivity contribution < 1.29 is 0 Å². The predicted molar refractivity (Wildman–Crippen MR) is 55.2 cm³/mol. The molecule has 2 rings (SSSR count). The van der Waals surface area contributed by atoms with Gasteiger partial charge in [-0.1, -0.05) is 25.4 Å². The molecule has 1 heterocycles. The first-order valence-corrected chi connectivity index (χ1v) is 4.69. The number of benzene rings is 1. The molecule has 0 spiro atoms. The third kappa shape index (κ3) is 1.42. The topological polar surface area (TPSA) is 28.7 Å². The van der Waals surface area contributed by atoms with Crippen LogP contribution in [-0.2, 0) is 0 Å². The number of aromatic amines is 1. The minimum Gasteiger partial charge on any atom is -0.276 e. The molecule has 0 amide bonds. The van der Waals surface area contributed by atoms with Gasteiger partial charge < -0.3 is 0 Å². The van der Waals surface area contributed by atoms with Crippen molar-refractivity contribution in [2.75, 3.05) is 0 Å². The van der Waals surface area contributed by atoms with Crippen molar-refractivity contribution in [3.63, 3.8) is 0 Å². The summed E-state index contributed by atoms with van der Waals surface area (Å²) in [4.78, 5) is 0. The molecule has 0 saturated carbocycles. The Labute approximate surface area is 81.9 Å². The van der Waals surface area contributed by atoms with Crippen molar-refractivity contribution in [1.82, 2.24) is 10.2 Å². The van der Waals surface area contributed by atoms with Crippen LogP contribution in [0.3, 0.4) is 0 Å². The van der Waals surface area contributed by atoms with Crippen molar-refractivity contribution in [2.45, 2.75) is 19.8 Å². The van der Waals surface area contributed by atoms with Crippen molar-refractivity contribution in [2.24, 2.45) is 0 Å². The van der Waals surface area contributed by atoms with Gasteiger partial charge in [-0.05, 0) is 23.6 Å². The predicted octanol–water partition coefficient (Wildman–Crippen LogP) is 3.34. The first-order valence-electron chi connectivity index (χ1n) is 4.31. The maximum atomic E-state index is 6.08. The largest absolute Gasteiger partial charge is 0.276 e. The second kappa shape index (κ2) is 3.04. The molecule has 2 aromatic rings. The molecular formula is C10H11ClN2. The van der Waals surface area contributed by atoms with Crippen molar-refractivity contribution in [3.8, 4) is 0 Å². The smallest absolute Gasteiger partial charge is 0.0836 e. The Hall–Kier alpha value is -1.02. The Kier molecular flexibility index (Phi) is 2.00. The van der Waals surface area contributed by atoms with Crippen LogP contribution >= 0.6 is 11.6 Å². The molecule has 0 aliphatic heterocycles. The van der Waals surface area contributed by atoms with Crippen LogP contribution in [0.25, 0.3) is 10.9 Å². The number of aromatic nitrogens is 2. The number of hydrogen-bond acceptors (Lipinski definition) is 1. The zero-order valence-electron chi connectivity index (χ0n) is 7.63. The SMILES string of the molecule is CC(C)c1cc(Cl)c2[nH]ncc2c1. The van der Waals surface area contributed by atoms with Crippen LogP contribution in [0.5, 0.6) is 0 Å². The molecule has 2 nitrogen and oxygen atoms in total. The maximum absolute atomic E-state index is 6.08. The standard InChI is InChI=1S/C10H11ClN2/c1-6(2)7-3-8-5-12-13-10(8)9(11)4-7/h3-6H,1-2H3,(H,12,13). The normalized spacial score (nSPS) is 11.4. The number of nitrogens with one attached hydrogen (secondary N) is 1. The summed E-state index contributed by atoms with van der Waals surface area (Å²) < 4.78 is 0. The summed E-state index contributed by atoms with van der Waals surface area (Å²) in [5.41, 5.74) is 2.17. The van der Waals surface area contributed by atoms with Crippen LogP contribution in [-0.4, -0.2) is 10.2 Å². The number of halogens is 1. The van der Waals surface area contributed by atoms with E-state index < -0.39 is 0 Å². The van der Waals surface area contributed by atoms with E-state index in [4.69, 9.17) is 11.6 Å². The van der Waals surface area contributed by atoms with E-state index in [-0.39, 0.29) is 0 Å². The van der Waals surface area contributed by atoms with E-state index in [2.05, 4.69) is 30.1 Å². The van der Waals surface area contributed by atoms with Gasteiger partial charge in [-0.15, -0.1) is 0 Å². The monoisotopic (exact) mass is 194 g/mol. The lowest BCUT2D eigenvalue weighted by Crippen LogP contribution is -1.86. The Balaban J connectivity index is 2.70. The van der Waals surface area contributed by atoms with E-state index in [9.17, 15) is 0 Å². The molecule has 0 aliphatic carbocycles. The summed E-state index contributed by atoms with van der Waals surface area (Å²) in [7, 11) is 0. The summed E-state index contributed by atoms with van der Waals surface area (Å²) in [5.74, 6) is 0.497. The molecule has 0 unspecified atom stereocenters. The minimum absolute atomic E-state index is 0.497. The van der Waals surface area contributed by atoms with Crippen molar-refractivity contribution >= 4 is 22.5 Å². The Bertz CT molecular complexity index is 431. The summed E-state index contributed by atoms with van der Waals surface area (Å²) >= 11 is 6.08. The van der Waals surface area contributed by atoms with Crippen LogP contribution in [0.1, 0.15) is 25.3 Å². The third-order valence-electron chi connectivity index (χ3n) is 2.19. The fourth-order valence-corrected chi connectivity index (χ4v) is 1.65. The molecule has 0 aliphatic rings. The molecule has 13 heavy (non-hydrogen) atoms. The van der Waals surface area contributed by atoms with Gasteiger partial charge in [0.1, 0.15) is 0 Å². The van der Waals surface area contributed by atoms with Gasteiger partial charge in [0.05, 0.1) is 16.7 Å². The summed E-state index contributed by atoms with van der Waals surface area (Å²) in [6.45, 7) is 4.30. The maximum Gasteiger partial charge on any atom is 0.0836 e. The number of nitrogens with zero attached hydrogens (tertiary/aromatic N) is 1. The molecular weight excluding hydrogens is 184 g/mol. The number of hydrogen-bond donors (Lipinski definition) is 1. The molecule has 3 heteroatoms. The first-order chi connectivity index (χ1) is 6.18. The molecule has 0 atom stereocenters. The third-order valence-corrected chi connectivity index (χ3v) is 2.49. The van der Waals surface area contributed by atoms with Crippen LogP contribution in [0, 0.1) is 0 Å². The minimum atomic E-state index is 0.497. The zero-order chi connectivity index (χ0) is 9.42. The first kappa shape index (κ1) is 8.57. The molecule has 1 N–H and O–H groups in total. The molecule has 0 fully saturated rings. The molecule has 68 valence electrons. The van der Waals surface area contributed by atoms with Gasteiger partial charge in [-0.3, -0.25) is 5.10 Å². The number of rotatable bonds is 1. The van der Waals surface area contributed by atoms with Crippen LogP contribution in [0.4, 0.5) is 0 Å². The molecule has 0 radical (unpaired) electrons. The lowest BCUT2D eigenvalue weighted by atomic mass is 10.0. The molecule has 1 aromatic carbocycles. The van der Waals surface area contributed by atoms with Crippen molar-refractivity contribution in [3.05, 3.63) is 28.9 Å². The highest BCUT2D eigenvalue weighted by atomic mass is 35.5. The summed E-state index contributed by atoms with van der Waals surface area (Å²) in [6, 6.07) is 4.11. The van der Waals surface area contributed by atoms with Gasteiger partial charge in [0.15, 0.2) is 0 Å². The Morgan fingerprint density at radius 1 is 1.38 bits per heavy atom. The fourth-order valence-electron chi connectivity index (χ4n) is 1.37. The molecule has 0 saturated heterocycles. The van der Waals surface area contributed by atoms with Crippen molar-refractivity contribution in [1.29, 1.82) is 0 Å². The van der Waals surface area contributed by atoms with Gasteiger partial charge in [-0.25, -0.2) is 0 Å². The van der Waals surface area contributed by atoms with E-state index in [1.54, 1.807) is 6.20 Å². The highest BCUT2D eigenvalue weighted by Crippen LogP contribution is 2.26. The average Bonchev–Trinajstić information content (AvgIpc) is 2.51. The second-order valence-corrected chi connectivity index (χ2v) is 3.90. The van der Waals surface area contributed by atoms with E-state index in [1.165, 1.54) is 5.56 Å². The van der Waals surface area contributed by atoms with Gasteiger partial charge >= 0.3 is 0 Å². The van der Waals surface area contributed by atoms with E-state index in [0.29, 0.717) is 5.92 Å². The lowest BCUT2D eigenvalue weighted by Gasteiger charge is -2.05. The highest BCUT2D eigenvalue weighted by molar-refractivity contribution is 6.35. The Morgan fingerprint density at radius 3 is 2.85 bits per heavy atom. The van der Waals surface area contributed by atoms with E-state index in [0.717, 1.165) is 15.9 Å². The van der Waals surface area contributed by atoms with Gasteiger partial charge in [0, 0.05) is 5.39 Å². The summed E-state index contributed by atoms with van der Waals surface area (Å²) in [6.07, 6.45) is 1.80. The van der Waals surface area contributed by atoms with Gasteiger partial charge in [0.2, 0.25) is 0 Å². The lowest BCUT2D eigenvalue weighted by molar-refractivity contribution is 0.869. The van der Waals surface area contributed by atoms with E-state index in [1.807, 2.05) is 6.07 Å². The average molecular weight is 195 g/mol. The van der Waals surface area contributed by atoms with E-state index >= 15 is 0 Å². The zero-order valence-corrected chi connectivity index (χ0v) is 8.39. The second-order valence-electron chi connectivity index (χ2n) is 3.49. The van der Waals surface area contributed by atoms with Gasteiger partial charge in [-0.2, -0.15) is 5.10 Å². The van der Waals surface area contributed by atoms with Crippen LogP contribution in [0.15, 0.2) is 18.3 Å². The van der Waals surface area contributed by atoms with Crippen LogP contribution in [0.2, 0.25) is 5.02 Å². The number of H-pyrrole nitrogens is 1. The quantitative estimate of drug-likeness (QED) is 0.741. The number of fused-ring (bicyclic) bond motifs is 1. The fraction of sp³-hybridized carbons (Fsp3) is 0.300. The van der Waals surface area contributed by atoms with Gasteiger partial charge in [0.25, 0.3) is 0 Å². The van der Waals surface area contributed by atoms with Crippen LogP contribution < -0.4 is 0 Å². The summed E-state index contributed by atoms with van der Waals surface area (Å²) in [5, 5.41) is 8.65. The molecule has 0 bridgehead atoms. The molecule has 1 aromatic heterocycles. The highest BCUT2D eigenvalue weighted by Gasteiger charge is 2.06.